The maximum atomic E-state index is 6.18. The van der Waals surface area contributed by atoms with E-state index in [1.165, 1.54) is 37.8 Å². The highest BCUT2D eigenvalue weighted by Crippen LogP contribution is 2.28. The lowest BCUT2D eigenvalue weighted by Gasteiger charge is -2.33. The smallest absolute Gasteiger partial charge is 0.138 e. The first-order valence-corrected chi connectivity index (χ1v) is 9.25. The van der Waals surface area contributed by atoms with E-state index in [1.54, 1.807) is 17.3 Å². The van der Waals surface area contributed by atoms with Gasteiger partial charge in [0.2, 0.25) is 0 Å². The molecule has 25 heavy (non-hydrogen) atoms. The van der Waals surface area contributed by atoms with Crippen LogP contribution in [0.25, 0.3) is 5.69 Å². The largest absolute Gasteiger partial charge is 0.314 e. The van der Waals surface area contributed by atoms with Gasteiger partial charge in [-0.2, -0.15) is 5.10 Å². The van der Waals surface area contributed by atoms with Crippen LogP contribution in [0.15, 0.2) is 30.9 Å². The fourth-order valence-corrected chi connectivity index (χ4v) is 3.57. The van der Waals surface area contributed by atoms with Crippen molar-refractivity contribution in [1.82, 2.24) is 25.0 Å². The summed E-state index contributed by atoms with van der Waals surface area (Å²) < 4.78 is 1.80. The predicted octanol–water partition coefficient (Wildman–Crippen LogP) is 3.31. The number of nitrogens with one attached hydrogen (secondary N) is 1. The van der Waals surface area contributed by atoms with Crippen LogP contribution in [0.1, 0.15) is 31.2 Å². The maximum Gasteiger partial charge on any atom is 0.138 e. The number of likely N-dealkylation sites (tertiary alicyclic amines) is 1. The first kappa shape index (κ1) is 18.6. The van der Waals surface area contributed by atoms with Crippen molar-refractivity contribution in [1.29, 1.82) is 0 Å². The zero-order valence-electron chi connectivity index (χ0n) is 14.3. The average Bonchev–Trinajstić information content (AvgIpc) is 3.27. The molecule has 1 aromatic carbocycles. The van der Waals surface area contributed by atoms with Crippen molar-refractivity contribution in [2.24, 2.45) is 5.92 Å². The SMILES string of the molecule is Cl.Clc1ccc(CN2CCC(NCC3CC3)CC2)c(-n2cncn2)c1. The number of nitrogens with zero attached hydrogens (tertiary/aromatic N) is 4. The molecule has 0 amide bonds. The molecule has 7 heteroatoms. The van der Waals surface area contributed by atoms with Crippen molar-refractivity contribution in [3.63, 3.8) is 0 Å². The summed E-state index contributed by atoms with van der Waals surface area (Å²) in [5.41, 5.74) is 2.27. The first-order chi connectivity index (χ1) is 11.8. The molecule has 1 saturated carbocycles. The lowest BCUT2D eigenvalue weighted by molar-refractivity contribution is 0.190. The number of hydrogen-bond donors (Lipinski definition) is 1. The molecule has 2 fully saturated rings. The van der Waals surface area contributed by atoms with E-state index < -0.39 is 0 Å². The van der Waals surface area contributed by atoms with Gasteiger partial charge >= 0.3 is 0 Å². The lowest BCUT2D eigenvalue weighted by atomic mass is 10.0. The molecule has 0 bridgehead atoms. The fourth-order valence-electron chi connectivity index (χ4n) is 3.41. The van der Waals surface area contributed by atoms with Crippen molar-refractivity contribution in [2.45, 2.75) is 38.3 Å². The molecular weight excluding hydrogens is 357 g/mol. The highest BCUT2D eigenvalue weighted by molar-refractivity contribution is 6.30. The van der Waals surface area contributed by atoms with Gasteiger partial charge in [0.1, 0.15) is 12.7 Å². The molecule has 1 aliphatic carbocycles. The monoisotopic (exact) mass is 381 g/mol. The number of aromatic nitrogens is 3. The molecule has 0 atom stereocenters. The number of hydrogen-bond acceptors (Lipinski definition) is 4. The summed E-state index contributed by atoms with van der Waals surface area (Å²) in [5, 5.41) is 8.73. The second-order valence-corrected chi connectivity index (χ2v) is 7.45. The van der Waals surface area contributed by atoms with Gasteiger partial charge in [-0.25, -0.2) is 9.67 Å². The minimum absolute atomic E-state index is 0. The first-order valence-electron chi connectivity index (χ1n) is 8.87. The van der Waals surface area contributed by atoms with Crippen LogP contribution in [0.2, 0.25) is 5.02 Å². The molecule has 1 aromatic heterocycles. The Labute approximate surface area is 160 Å². The van der Waals surface area contributed by atoms with Gasteiger partial charge < -0.3 is 5.32 Å². The quantitative estimate of drug-likeness (QED) is 0.833. The fraction of sp³-hybridized carbons (Fsp3) is 0.556. The van der Waals surface area contributed by atoms with Crippen LogP contribution in [0.5, 0.6) is 0 Å². The summed E-state index contributed by atoms with van der Waals surface area (Å²) in [6.07, 6.45) is 8.60. The zero-order valence-corrected chi connectivity index (χ0v) is 15.8. The van der Waals surface area contributed by atoms with E-state index in [2.05, 4.69) is 26.4 Å². The minimum Gasteiger partial charge on any atom is -0.314 e. The molecule has 2 aromatic rings. The Balaban J connectivity index is 0.00000182. The average molecular weight is 382 g/mol. The topological polar surface area (TPSA) is 46.0 Å². The summed E-state index contributed by atoms with van der Waals surface area (Å²) in [6, 6.07) is 6.73. The zero-order chi connectivity index (χ0) is 16.4. The van der Waals surface area contributed by atoms with Gasteiger partial charge in [-0.05, 0) is 68.9 Å². The van der Waals surface area contributed by atoms with Crippen LogP contribution in [-0.4, -0.2) is 45.3 Å². The molecule has 1 aliphatic heterocycles. The van der Waals surface area contributed by atoms with Crippen molar-refractivity contribution in [3.8, 4) is 5.69 Å². The summed E-state index contributed by atoms with van der Waals surface area (Å²) in [4.78, 5) is 6.58. The minimum atomic E-state index is 0. The summed E-state index contributed by atoms with van der Waals surface area (Å²) in [5.74, 6) is 0.960. The molecule has 0 radical (unpaired) electrons. The number of rotatable bonds is 6. The van der Waals surface area contributed by atoms with Gasteiger partial charge in [0.25, 0.3) is 0 Å². The molecule has 5 nitrogen and oxygen atoms in total. The van der Waals surface area contributed by atoms with Crippen LogP contribution in [-0.2, 0) is 6.54 Å². The van der Waals surface area contributed by atoms with Gasteiger partial charge in [0.15, 0.2) is 0 Å². The van der Waals surface area contributed by atoms with Crippen molar-refractivity contribution in [3.05, 3.63) is 41.4 Å². The lowest BCUT2D eigenvalue weighted by Crippen LogP contribution is -2.42. The Bertz CT molecular complexity index is 664. The highest BCUT2D eigenvalue weighted by Gasteiger charge is 2.24. The number of piperidine rings is 1. The van der Waals surface area contributed by atoms with Gasteiger partial charge in [-0.1, -0.05) is 17.7 Å². The van der Waals surface area contributed by atoms with Crippen LogP contribution >= 0.6 is 24.0 Å². The van der Waals surface area contributed by atoms with Crippen LogP contribution in [0.3, 0.4) is 0 Å². The second-order valence-electron chi connectivity index (χ2n) is 7.02. The summed E-state index contributed by atoms with van der Waals surface area (Å²) >= 11 is 6.18. The Morgan fingerprint density at radius 2 is 1.96 bits per heavy atom. The van der Waals surface area contributed by atoms with Crippen molar-refractivity contribution >= 4 is 24.0 Å². The van der Waals surface area contributed by atoms with E-state index in [1.807, 2.05) is 12.1 Å². The Morgan fingerprint density at radius 1 is 1.16 bits per heavy atom. The number of halogens is 2. The molecule has 2 aliphatic rings. The van der Waals surface area contributed by atoms with Gasteiger partial charge in [0, 0.05) is 17.6 Å². The van der Waals surface area contributed by atoms with Crippen LogP contribution in [0, 0.1) is 5.92 Å². The molecule has 2 heterocycles. The van der Waals surface area contributed by atoms with Crippen LogP contribution in [0.4, 0.5) is 0 Å². The normalized spacial score (nSPS) is 18.9. The Morgan fingerprint density at radius 3 is 2.64 bits per heavy atom. The maximum absolute atomic E-state index is 6.18. The third-order valence-electron chi connectivity index (χ3n) is 5.09. The van der Waals surface area contributed by atoms with Crippen LogP contribution < -0.4 is 5.32 Å². The Kier molecular flexibility index (Phi) is 6.34. The van der Waals surface area contributed by atoms with E-state index in [0.29, 0.717) is 6.04 Å². The van der Waals surface area contributed by atoms with E-state index in [4.69, 9.17) is 11.6 Å². The molecule has 4 rings (SSSR count). The highest BCUT2D eigenvalue weighted by atomic mass is 35.5. The Hall–Kier alpha value is -1.14. The van der Waals surface area contributed by atoms with Crippen molar-refractivity contribution in [2.75, 3.05) is 19.6 Å². The molecule has 0 unspecified atom stereocenters. The third kappa shape index (κ3) is 4.94. The van der Waals surface area contributed by atoms with Gasteiger partial charge in [0.05, 0.1) is 5.69 Å². The second kappa shape index (κ2) is 8.49. The van der Waals surface area contributed by atoms with Gasteiger partial charge in [-0.15, -0.1) is 12.4 Å². The van der Waals surface area contributed by atoms with E-state index in [-0.39, 0.29) is 12.4 Å². The predicted molar refractivity (Wildman–Crippen MR) is 103 cm³/mol. The molecule has 1 saturated heterocycles. The molecule has 136 valence electrons. The number of benzene rings is 1. The van der Waals surface area contributed by atoms with E-state index in [9.17, 15) is 0 Å². The summed E-state index contributed by atoms with van der Waals surface area (Å²) in [7, 11) is 0. The third-order valence-corrected chi connectivity index (χ3v) is 5.32. The van der Waals surface area contributed by atoms with Crippen molar-refractivity contribution < 1.29 is 0 Å². The van der Waals surface area contributed by atoms with Gasteiger partial charge in [-0.3, -0.25) is 4.90 Å². The molecule has 0 spiro atoms. The standard InChI is InChI=1S/C18H24ClN5.ClH/c19-16-4-3-15(18(9-16)24-13-20-12-22-24)11-23-7-5-17(6-8-23)21-10-14-1-2-14;/h3-4,9,12-14,17,21H,1-2,5-8,10-11H2;1H. The summed E-state index contributed by atoms with van der Waals surface area (Å²) in [6.45, 7) is 4.43. The molecule has 1 N–H and O–H groups in total. The molecular formula is C18H25Cl2N5. The van der Waals surface area contributed by atoms with E-state index >= 15 is 0 Å². The van der Waals surface area contributed by atoms with E-state index in [0.717, 1.165) is 36.3 Å².